The van der Waals surface area contributed by atoms with E-state index in [0.717, 1.165) is 61.1 Å². The molecule has 61 heavy (non-hydrogen) atoms. The number of carbonyl (C=O) groups excluding carboxylic acids is 3. The lowest BCUT2D eigenvalue weighted by Crippen LogP contribution is -2.51. The number of hydrogen-bond donors (Lipinski definition) is 2. The zero-order chi connectivity index (χ0) is 42.7. The van der Waals surface area contributed by atoms with Gasteiger partial charge < -0.3 is 24.7 Å². The van der Waals surface area contributed by atoms with Crippen LogP contribution in [0.2, 0.25) is 0 Å². The van der Waals surface area contributed by atoms with Crippen molar-refractivity contribution in [1.82, 2.24) is 25.1 Å². The number of hydrogen-bond acceptors (Lipinski definition) is 7. The highest BCUT2D eigenvalue weighted by atomic mass is 19.3. The zero-order valence-corrected chi connectivity index (χ0v) is 35.5. The van der Waals surface area contributed by atoms with Crippen LogP contribution < -0.4 is 5.32 Å². The number of rotatable bonds is 7. The molecule has 0 unspecified atom stereocenters. The third kappa shape index (κ3) is 6.69. The van der Waals surface area contributed by atoms with Crippen LogP contribution in [0, 0.1) is 17.3 Å². The first-order chi connectivity index (χ1) is 29.0. The number of alkyl halides is 2. The molecule has 3 amide bonds. The smallest absolute Gasteiger partial charge is 0.411 e. The summed E-state index contributed by atoms with van der Waals surface area (Å²) >= 11 is 0. The van der Waals surface area contributed by atoms with Gasteiger partial charge in [0.1, 0.15) is 17.5 Å². The van der Waals surface area contributed by atoms with Gasteiger partial charge in [-0.15, -0.1) is 0 Å². The number of nitrogens with zero attached hydrogens (tertiary/aromatic N) is 4. The number of aromatic nitrogens is 2. The summed E-state index contributed by atoms with van der Waals surface area (Å²) in [5, 5.41) is 2.71. The van der Waals surface area contributed by atoms with Crippen molar-refractivity contribution < 1.29 is 32.6 Å². The van der Waals surface area contributed by atoms with Crippen LogP contribution in [-0.4, -0.2) is 81.0 Å². The molecule has 1 aromatic heterocycles. The second kappa shape index (κ2) is 14.0. The normalized spacial score (nSPS) is 24.1. The Hall–Kier alpha value is -5.59. The predicted molar refractivity (Wildman–Crippen MR) is 227 cm³/mol. The van der Waals surface area contributed by atoms with Crippen molar-refractivity contribution >= 4 is 29.5 Å². The summed E-state index contributed by atoms with van der Waals surface area (Å²) in [6, 6.07) is 15.4. The van der Waals surface area contributed by atoms with Crippen molar-refractivity contribution in [3.63, 3.8) is 0 Å². The molecule has 6 aliphatic rings. The number of halogens is 2. The topological polar surface area (TPSA) is 129 Å². The molecule has 2 saturated heterocycles. The van der Waals surface area contributed by atoms with Gasteiger partial charge in [-0.1, -0.05) is 44.2 Å². The number of alkyl carbamates (subject to hydrolysis) is 1. The first-order valence-corrected chi connectivity index (χ1v) is 21.6. The summed E-state index contributed by atoms with van der Waals surface area (Å²) in [6.07, 6.45) is 7.06. The maximum atomic E-state index is 16.6. The van der Waals surface area contributed by atoms with Crippen LogP contribution in [0.15, 0.2) is 65.8 Å². The lowest BCUT2D eigenvalue weighted by atomic mass is 9.91. The van der Waals surface area contributed by atoms with E-state index in [1.165, 1.54) is 7.11 Å². The molecule has 2 saturated carbocycles. The lowest BCUT2D eigenvalue weighted by Gasteiger charge is -2.36. The highest BCUT2D eigenvalue weighted by molar-refractivity contribution is 6.00. The Morgan fingerprint density at radius 2 is 1.64 bits per heavy atom. The molecule has 11 nitrogen and oxygen atoms in total. The van der Waals surface area contributed by atoms with Gasteiger partial charge in [0, 0.05) is 41.4 Å². The number of H-pyrrole nitrogens is 1. The van der Waals surface area contributed by atoms with E-state index in [-0.39, 0.29) is 52.6 Å². The number of aromatic amines is 1. The SMILES string of the molecule is COC(=O)N[C@H](C(=O)N1CC2(CC2)C[C@H]1c1ncc(-c2ccc3c(c2)C(F)(F)c2cc(-c4ccc5c(c4)CC([C@@H]4[C@@H]6CC[C@H](C6)N4C(=O)OC(C)(C)C)=N5)ccc2-3)[nH]1)C(C)C. The largest absolute Gasteiger partial charge is 0.453 e. The fraction of sp³-hybridized carbons (Fsp3) is 0.479. The maximum absolute atomic E-state index is 16.6. The molecule has 0 radical (unpaired) electrons. The van der Waals surface area contributed by atoms with Crippen molar-refractivity contribution in [1.29, 1.82) is 0 Å². The summed E-state index contributed by atoms with van der Waals surface area (Å²) in [7, 11) is 1.27. The third-order valence-electron chi connectivity index (χ3n) is 13.9. The van der Waals surface area contributed by atoms with Crippen molar-refractivity contribution in [2.45, 2.75) is 115 Å². The Morgan fingerprint density at radius 1 is 0.951 bits per heavy atom. The molecular weight excluding hydrogens is 779 g/mol. The summed E-state index contributed by atoms with van der Waals surface area (Å²) in [6.45, 7) is 9.99. The molecule has 4 fully saturated rings. The molecule has 3 aliphatic heterocycles. The summed E-state index contributed by atoms with van der Waals surface area (Å²) in [4.78, 5) is 56.3. The molecule has 4 heterocycles. The van der Waals surface area contributed by atoms with E-state index in [9.17, 15) is 14.4 Å². The number of amides is 3. The first-order valence-electron chi connectivity index (χ1n) is 21.6. The monoisotopic (exact) mass is 830 g/mol. The molecule has 3 aliphatic carbocycles. The number of ether oxygens (including phenoxy) is 2. The number of imidazole rings is 1. The lowest BCUT2D eigenvalue weighted by molar-refractivity contribution is -0.135. The van der Waals surface area contributed by atoms with Crippen LogP contribution in [0.4, 0.5) is 24.1 Å². The van der Waals surface area contributed by atoms with Crippen LogP contribution in [0.25, 0.3) is 33.5 Å². The molecule has 3 aromatic carbocycles. The molecular formula is C48H52F2N6O5. The zero-order valence-electron chi connectivity index (χ0n) is 35.5. The second-order valence-electron chi connectivity index (χ2n) is 19.5. The number of nitrogens with one attached hydrogen (secondary N) is 2. The van der Waals surface area contributed by atoms with Gasteiger partial charge in [0.25, 0.3) is 5.92 Å². The van der Waals surface area contributed by atoms with Crippen molar-refractivity contribution in [3.8, 4) is 33.5 Å². The fourth-order valence-electron chi connectivity index (χ4n) is 10.7. The maximum Gasteiger partial charge on any atom is 0.411 e. The molecule has 5 atom stereocenters. The van der Waals surface area contributed by atoms with Crippen LogP contribution in [-0.2, 0) is 26.6 Å². The summed E-state index contributed by atoms with van der Waals surface area (Å²) in [5.74, 6) is -2.66. The van der Waals surface area contributed by atoms with E-state index in [1.807, 2.05) is 68.7 Å². The van der Waals surface area contributed by atoms with Gasteiger partial charge >= 0.3 is 12.2 Å². The number of piperidine rings is 1. The van der Waals surface area contributed by atoms with Crippen LogP contribution in [0.3, 0.4) is 0 Å². The van der Waals surface area contributed by atoms with Crippen molar-refractivity contribution in [2.75, 3.05) is 13.7 Å². The number of likely N-dealkylation sites (tertiary alicyclic amines) is 2. The van der Waals surface area contributed by atoms with E-state index in [1.54, 1.807) is 30.5 Å². The van der Waals surface area contributed by atoms with E-state index in [2.05, 4.69) is 16.4 Å². The average molecular weight is 831 g/mol. The predicted octanol–water partition coefficient (Wildman–Crippen LogP) is 9.71. The molecule has 10 rings (SSSR count). The quantitative estimate of drug-likeness (QED) is 0.191. The first kappa shape index (κ1) is 39.5. The molecule has 1 spiro atoms. The van der Waals surface area contributed by atoms with Gasteiger partial charge in [-0.05, 0) is 129 Å². The number of benzene rings is 3. The van der Waals surface area contributed by atoms with E-state index in [4.69, 9.17) is 19.5 Å². The molecule has 13 heteroatoms. The van der Waals surface area contributed by atoms with Crippen molar-refractivity contribution in [3.05, 3.63) is 83.3 Å². The van der Waals surface area contributed by atoms with Crippen LogP contribution >= 0.6 is 0 Å². The molecule has 2 bridgehead atoms. The summed E-state index contributed by atoms with van der Waals surface area (Å²) in [5.41, 5.74) is 5.85. The van der Waals surface area contributed by atoms with Crippen LogP contribution in [0.1, 0.15) is 102 Å². The number of carbonyl (C=O) groups is 3. The fourth-order valence-corrected chi connectivity index (χ4v) is 10.7. The Kier molecular flexibility index (Phi) is 9.05. The van der Waals surface area contributed by atoms with Gasteiger partial charge in [0.05, 0.1) is 36.8 Å². The second-order valence-corrected chi connectivity index (χ2v) is 19.5. The Bertz CT molecular complexity index is 2520. The summed E-state index contributed by atoms with van der Waals surface area (Å²) < 4.78 is 43.9. The minimum atomic E-state index is -3.25. The van der Waals surface area contributed by atoms with Gasteiger partial charge in [-0.3, -0.25) is 14.7 Å². The highest BCUT2D eigenvalue weighted by Gasteiger charge is 2.56. The Morgan fingerprint density at radius 3 is 2.33 bits per heavy atom. The average Bonchev–Trinajstić information content (AvgIpc) is 3.87. The van der Waals surface area contributed by atoms with E-state index in [0.29, 0.717) is 52.7 Å². The van der Waals surface area contributed by atoms with Crippen molar-refractivity contribution in [2.24, 2.45) is 22.2 Å². The van der Waals surface area contributed by atoms with E-state index < -0.39 is 23.7 Å². The molecule has 2 N–H and O–H groups in total. The van der Waals surface area contributed by atoms with Gasteiger partial charge in [0.15, 0.2) is 0 Å². The van der Waals surface area contributed by atoms with Gasteiger partial charge in [-0.2, -0.15) is 8.78 Å². The Balaban J connectivity index is 0.877. The highest BCUT2D eigenvalue weighted by Crippen LogP contribution is 2.59. The Labute approximate surface area is 354 Å². The third-order valence-corrected chi connectivity index (χ3v) is 13.9. The van der Waals surface area contributed by atoms with E-state index >= 15 is 8.78 Å². The minimum absolute atomic E-state index is 0.0250. The number of aliphatic imine (C=N–C) groups is 1. The van der Waals surface area contributed by atoms with Gasteiger partial charge in [-0.25, -0.2) is 14.6 Å². The van der Waals surface area contributed by atoms with Gasteiger partial charge in [0.2, 0.25) is 5.91 Å². The number of methoxy groups -OCH3 is 1. The molecule has 318 valence electrons. The minimum Gasteiger partial charge on any atom is -0.453 e. The van der Waals surface area contributed by atoms with Crippen LogP contribution in [0.5, 0.6) is 0 Å². The standard InChI is InChI=1S/C48H52F2N6O5/c1-25(2)40(54-44(58)60-6)43(57)55-24-47(15-16-47)22-39(55)42-51-23-38(53-42)28-9-13-33-32-12-8-27(19-34(32)48(49,50)35(33)20-28)26-10-14-36-30(17-26)21-37(52-36)41-29-7-11-31(18-29)56(41)45(59)61-46(3,4)5/h8-10,12-14,17,19-20,23,25,29,31,39-41H,7,11,15-16,18,21-22,24H2,1-6H3,(H,51,53)(H,54,58)/t29-,31-,39+,40+,41+/m1/s1. The number of fused-ring (bicyclic) bond motifs is 6. The molecule has 4 aromatic rings.